The highest BCUT2D eigenvalue weighted by atomic mass is 15.2. The molecule has 2 aliphatic rings. The van der Waals surface area contributed by atoms with Gasteiger partial charge in [-0.3, -0.25) is 0 Å². The lowest BCUT2D eigenvalue weighted by atomic mass is 9.84. The van der Waals surface area contributed by atoms with Crippen molar-refractivity contribution in [3.63, 3.8) is 0 Å². The predicted octanol–water partition coefficient (Wildman–Crippen LogP) is 4.86. The fourth-order valence-electron chi connectivity index (χ4n) is 4.11. The lowest BCUT2D eigenvalue weighted by Gasteiger charge is -2.39. The van der Waals surface area contributed by atoms with E-state index in [-0.39, 0.29) is 0 Å². The quantitative estimate of drug-likeness (QED) is 0.677. The minimum Gasteiger partial charge on any atom is -0.300 e. The highest BCUT2D eigenvalue weighted by Crippen LogP contribution is 2.30. The molecule has 2 rings (SSSR count). The van der Waals surface area contributed by atoms with E-state index in [0.717, 1.165) is 17.9 Å². The van der Waals surface area contributed by atoms with Crippen LogP contribution in [0.1, 0.15) is 78.1 Å². The molecule has 0 aromatic rings. The Bertz CT molecular complexity index is 226. The minimum atomic E-state index is 0.911. The summed E-state index contributed by atoms with van der Waals surface area (Å²) in [5.74, 6) is 1.95. The third kappa shape index (κ3) is 3.98. The van der Waals surface area contributed by atoms with Crippen LogP contribution in [0.4, 0.5) is 0 Å². The first-order chi connectivity index (χ1) is 8.81. The maximum Gasteiger partial charge on any atom is 0.0121 e. The van der Waals surface area contributed by atoms with E-state index in [9.17, 15) is 0 Å². The van der Waals surface area contributed by atoms with E-state index in [1.165, 1.54) is 77.3 Å². The van der Waals surface area contributed by atoms with E-state index in [2.05, 4.69) is 18.7 Å². The summed E-state index contributed by atoms with van der Waals surface area (Å²) in [6.45, 7) is 7.64. The largest absolute Gasteiger partial charge is 0.300 e. The third-order valence-electron chi connectivity index (χ3n) is 5.49. The van der Waals surface area contributed by atoms with E-state index < -0.39 is 0 Å². The van der Waals surface area contributed by atoms with Crippen molar-refractivity contribution < 1.29 is 0 Å². The Balaban J connectivity index is 1.91. The molecule has 0 aromatic carbocycles. The Morgan fingerprint density at radius 1 is 0.833 bits per heavy atom. The average molecular weight is 251 g/mol. The molecule has 0 N–H and O–H groups in total. The zero-order chi connectivity index (χ0) is 12.8. The summed E-state index contributed by atoms with van der Waals surface area (Å²) < 4.78 is 0. The topological polar surface area (TPSA) is 3.24 Å². The molecule has 1 nitrogen and oxygen atoms in total. The fourth-order valence-corrected chi connectivity index (χ4v) is 4.11. The van der Waals surface area contributed by atoms with Crippen molar-refractivity contribution >= 4 is 0 Å². The number of nitrogens with zero attached hydrogens (tertiary/aromatic N) is 1. The van der Waals surface area contributed by atoms with Crippen molar-refractivity contribution in [3.8, 4) is 0 Å². The molecule has 2 fully saturated rings. The van der Waals surface area contributed by atoms with E-state index >= 15 is 0 Å². The molecular weight excluding hydrogens is 218 g/mol. The van der Waals surface area contributed by atoms with E-state index in [1.807, 2.05) is 0 Å². The van der Waals surface area contributed by atoms with Crippen LogP contribution >= 0.6 is 0 Å². The smallest absolute Gasteiger partial charge is 0.0121 e. The SMILES string of the molecule is CCC1CCCCCN(C2CCCCC2C)CC1. The van der Waals surface area contributed by atoms with Crippen molar-refractivity contribution in [1.29, 1.82) is 0 Å². The standard InChI is InChI=1S/C17H33N/c1-3-16-10-5-4-8-13-18(14-12-16)17-11-7-6-9-15(17)2/h15-17H,3-14H2,1-2H3. The van der Waals surface area contributed by atoms with Gasteiger partial charge in [0.2, 0.25) is 0 Å². The first-order valence-electron chi connectivity index (χ1n) is 8.55. The molecule has 18 heavy (non-hydrogen) atoms. The van der Waals surface area contributed by atoms with Gasteiger partial charge in [0, 0.05) is 6.04 Å². The maximum atomic E-state index is 2.87. The van der Waals surface area contributed by atoms with Gasteiger partial charge in [0.25, 0.3) is 0 Å². The molecule has 1 aliphatic carbocycles. The molecular formula is C17H33N. The Morgan fingerprint density at radius 3 is 2.39 bits per heavy atom. The van der Waals surface area contributed by atoms with Crippen LogP contribution in [0.25, 0.3) is 0 Å². The van der Waals surface area contributed by atoms with Crippen molar-refractivity contribution in [2.45, 2.75) is 84.1 Å². The number of hydrogen-bond acceptors (Lipinski definition) is 1. The van der Waals surface area contributed by atoms with Gasteiger partial charge in [-0.05, 0) is 50.6 Å². The first kappa shape index (κ1) is 14.4. The Hall–Kier alpha value is -0.0400. The summed E-state index contributed by atoms with van der Waals surface area (Å²) in [4.78, 5) is 2.87. The molecule has 1 aliphatic heterocycles. The molecule has 1 heterocycles. The second-order valence-electron chi connectivity index (χ2n) is 6.78. The highest BCUT2D eigenvalue weighted by Gasteiger charge is 2.27. The molecule has 0 aromatic heterocycles. The van der Waals surface area contributed by atoms with Gasteiger partial charge in [-0.2, -0.15) is 0 Å². The summed E-state index contributed by atoms with van der Waals surface area (Å²) >= 11 is 0. The number of hydrogen-bond donors (Lipinski definition) is 0. The highest BCUT2D eigenvalue weighted by molar-refractivity contribution is 4.82. The summed E-state index contributed by atoms with van der Waals surface area (Å²) in [7, 11) is 0. The van der Waals surface area contributed by atoms with Crippen molar-refractivity contribution in [3.05, 3.63) is 0 Å². The van der Waals surface area contributed by atoms with Crippen LogP contribution in [0.15, 0.2) is 0 Å². The van der Waals surface area contributed by atoms with Crippen molar-refractivity contribution in [1.82, 2.24) is 4.90 Å². The Kier molecular flexibility index (Phi) is 6.01. The van der Waals surface area contributed by atoms with Gasteiger partial charge in [0.05, 0.1) is 0 Å². The first-order valence-corrected chi connectivity index (χ1v) is 8.55. The molecule has 1 heteroatoms. The number of rotatable bonds is 2. The monoisotopic (exact) mass is 251 g/mol. The van der Waals surface area contributed by atoms with Crippen LogP contribution in [-0.4, -0.2) is 24.0 Å². The van der Waals surface area contributed by atoms with Crippen LogP contribution in [-0.2, 0) is 0 Å². The molecule has 0 spiro atoms. The molecule has 1 saturated carbocycles. The van der Waals surface area contributed by atoms with Gasteiger partial charge >= 0.3 is 0 Å². The van der Waals surface area contributed by atoms with E-state index in [4.69, 9.17) is 0 Å². The third-order valence-corrected chi connectivity index (χ3v) is 5.49. The van der Waals surface area contributed by atoms with Crippen molar-refractivity contribution in [2.24, 2.45) is 11.8 Å². The average Bonchev–Trinajstić information content (AvgIpc) is 2.51. The van der Waals surface area contributed by atoms with E-state index in [0.29, 0.717) is 0 Å². The predicted molar refractivity (Wildman–Crippen MR) is 79.9 cm³/mol. The second kappa shape index (κ2) is 7.53. The summed E-state index contributed by atoms with van der Waals surface area (Å²) in [5.41, 5.74) is 0. The van der Waals surface area contributed by atoms with Gasteiger partial charge < -0.3 is 4.90 Å². The maximum absolute atomic E-state index is 2.87. The Labute approximate surface area is 114 Å². The van der Waals surface area contributed by atoms with Gasteiger partial charge in [0.1, 0.15) is 0 Å². The summed E-state index contributed by atoms with van der Waals surface area (Å²) in [6.07, 6.45) is 14.6. The molecule has 0 bridgehead atoms. The van der Waals surface area contributed by atoms with Crippen LogP contribution < -0.4 is 0 Å². The molecule has 0 radical (unpaired) electrons. The Morgan fingerprint density at radius 2 is 1.61 bits per heavy atom. The molecule has 3 atom stereocenters. The molecule has 106 valence electrons. The molecule has 3 unspecified atom stereocenters. The minimum absolute atomic E-state index is 0.911. The van der Waals surface area contributed by atoms with Gasteiger partial charge in [-0.25, -0.2) is 0 Å². The summed E-state index contributed by atoms with van der Waals surface area (Å²) in [5, 5.41) is 0. The van der Waals surface area contributed by atoms with Gasteiger partial charge in [-0.1, -0.05) is 52.4 Å². The lowest BCUT2D eigenvalue weighted by Crippen LogP contribution is -2.42. The van der Waals surface area contributed by atoms with Gasteiger partial charge in [0.15, 0.2) is 0 Å². The molecule has 1 saturated heterocycles. The molecule has 0 amide bonds. The van der Waals surface area contributed by atoms with Crippen LogP contribution in [0, 0.1) is 11.8 Å². The fraction of sp³-hybridized carbons (Fsp3) is 1.00. The zero-order valence-electron chi connectivity index (χ0n) is 12.7. The second-order valence-corrected chi connectivity index (χ2v) is 6.78. The van der Waals surface area contributed by atoms with Crippen LogP contribution in [0.5, 0.6) is 0 Å². The summed E-state index contributed by atoms with van der Waals surface area (Å²) in [6, 6.07) is 0.911. The van der Waals surface area contributed by atoms with Gasteiger partial charge in [-0.15, -0.1) is 0 Å². The van der Waals surface area contributed by atoms with E-state index in [1.54, 1.807) is 0 Å². The lowest BCUT2D eigenvalue weighted by molar-refractivity contribution is 0.105. The van der Waals surface area contributed by atoms with Crippen LogP contribution in [0.3, 0.4) is 0 Å². The zero-order valence-corrected chi connectivity index (χ0v) is 12.7. The van der Waals surface area contributed by atoms with Crippen molar-refractivity contribution in [2.75, 3.05) is 13.1 Å². The van der Waals surface area contributed by atoms with Crippen LogP contribution in [0.2, 0.25) is 0 Å². The normalized spacial score (nSPS) is 36.7.